The number of thioether (sulfide) groups is 1. The second-order valence-electron chi connectivity index (χ2n) is 9.41. The number of carbonyl (C=O) groups is 1. The summed E-state index contributed by atoms with van der Waals surface area (Å²) in [6, 6.07) is 15.4. The van der Waals surface area contributed by atoms with E-state index >= 15 is 0 Å². The van der Waals surface area contributed by atoms with E-state index < -0.39 is 11.7 Å². The second-order valence-corrected chi connectivity index (χ2v) is 10.3. The normalized spacial score (nSPS) is 16.1. The lowest BCUT2D eigenvalue weighted by molar-refractivity contribution is -0.137. The number of aryl methyl sites for hydroxylation is 1. The fourth-order valence-electron chi connectivity index (χ4n) is 4.22. The molecule has 37 heavy (non-hydrogen) atoms. The van der Waals surface area contributed by atoms with Gasteiger partial charge in [-0.1, -0.05) is 30.0 Å². The van der Waals surface area contributed by atoms with Gasteiger partial charge in [-0.15, -0.1) is 0 Å². The zero-order chi connectivity index (χ0) is 26.0. The fraction of sp³-hybridized carbons (Fsp3) is 0.370. The Morgan fingerprint density at radius 3 is 2.38 bits per heavy atom. The van der Waals surface area contributed by atoms with Gasteiger partial charge >= 0.3 is 6.18 Å². The maximum atomic E-state index is 13.1. The van der Waals surface area contributed by atoms with Crippen LogP contribution >= 0.6 is 11.8 Å². The molecule has 1 aliphatic carbocycles. The molecular formula is C27H28F3N5OS. The molecule has 5 rings (SSSR count). The first-order chi connectivity index (χ1) is 17.7. The minimum Gasteiger partial charge on any atom is -0.368 e. The van der Waals surface area contributed by atoms with Crippen molar-refractivity contribution in [1.29, 1.82) is 0 Å². The molecule has 1 aliphatic heterocycles. The molecule has 1 saturated heterocycles. The second kappa shape index (κ2) is 10.6. The number of amides is 1. The average molecular weight is 528 g/mol. The quantitative estimate of drug-likeness (QED) is 0.332. The number of hydrogen-bond acceptors (Lipinski definition) is 6. The summed E-state index contributed by atoms with van der Waals surface area (Å²) in [7, 11) is 0. The van der Waals surface area contributed by atoms with Crippen molar-refractivity contribution in [3.05, 3.63) is 77.0 Å². The van der Waals surface area contributed by atoms with Gasteiger partial charge in [0.1, 0.15) is 5.82 Å². The molecule has 0 spiro atoms. The Labute approximate surface area is 218 Å². The van der Waals surface area contributed by atoms with Crippen LogP contribution in [0.5, 0.6) is 0 Å². The Balaban J connectivity index is 1.18. The summed E-state index contributed by atoms with van der Waals surface area (Å²) in [6.45, 7) is 4.45. The summed E-state index contributed by atoms with van der Waals surface area (Å²) >= 11 is 1.54. The van der Waals surface area contributed by atoms with Crippen LogP contribution in [0.2, 0.25) is 0 Å². The van der Waals surface area contributed by atoms with Crippen molar-refractivity contribution in [2.24, 2.45) is 0 Å². The number of alkyl halides is 3. The fourth-order valence-corrected chi connectivity index (χ4v) is 5.08. The van der Waals surface area contributed by atoms with E-state index in [0.29, 0.717) is 54.4 Å². The van der Waals surface area contributed by atoms with Crippen molar-refractivity contribution in [2.75, 3.05) is 36.0 Å². The highest BCUT2D eigenvalue weighted by atomic mass is 32.2. The third-order valence-electron chi connectivity index (χ3n) is 6.46. The molecule has 3 aromatic rings. The van der Waals surface area contributed by atoms with Gasteiger partial charge < -0.3 is 15.1 Å². The Hall–Kier alpha value is -3.27. The van der Waals surface area contributed by atoms with Crippen molar-refractivity contribution in [3.8, 4) is 0 Å². The first-order valence-corrected chi connectivity index (χ1v) is 13.3. The minimum atomic E-state index is -4.35. The standard InChI is InChI=1S/C27H28F3N5OS/c1-18-15-24(35-13-11-34(12-14-35)23-4-2-3-21(16-23)27(28,29)30)33-26(31-18)37-17-19-5-7-20(8-6-19)25(36)32-22-9-10-22/h2-8,15-16,22H,9-14,17H2,1H3,(H,32,36). The van der Waals surface area contributed by atoms with Gasteiger partial charge in [0.2, 0.25) is 0 Å². The Kier molecular flexibility index (Phi) is 7.28. The van der Waals surface area contributed by atoms with E-state index in [4.69, 9.17) is 4.98 Å². The third kappa shape index (κ3) is 6.54. The highest BCUT2D eigenvalue weighted by molar-refractivity contribution is 7.98. The molecule has 1 saturated carbocycles. The van der Waals surface area contributed by atoms with Crippen LogP contribution in [0.1, 0.15) is 40.0 Å². The predicted molar refractivity (Wildman–Crippen MR) is 139 cm³/mol. The number of benzene rings is 2. The molecule has 0 radical (unpaired) electrons. The SMILES string of the molecule is Cc1cc(N2CCN(c3cccc(C(F)(F)F)c3)CC2)nc(SCc2ccc(C(=O)NC3CC3)cc2)n1. The van der Waals surface area contributed by atoms with E-state index in [1.807, 2.05) is 42.2 Å². The smallest absolute Gasteiger partial charge is 0.368 e. The van der Waals surface area contributed by atoms with Crippen LogP contribution in [0, 0.1) is 6.92 Å². The van der Waals surface area contributed by atoms with Crippen LogP contribution in [0.4, 0.5) is 24.7 Å². The molecule has 1 N–H and O–H groups in total. The molecule has 1 amide bonds. The summed E-state index contributed by atoms with van der Waals surface area (Å²) in [4.78, 5) is 25.6. The van der Waals surface area contributed by atoms with Crippen LogP contribution in [-0.4, -0.2) is 48.1 Å². The number of carbonyl (C=O) groups excluding carboxylic acids is 1. The first kappa shape index (κ1) is 25.4. The molecule has 2 aliphatic rings. The van der Waals surface area contributed by atoms with Crippen LogP contribution in [0.3, 0.4) is 0 Å². The van der Waals surface area contributed by atoms with E-state index in [2.05, 4.69) is 15.2 Å². The van der Waals surface area contributed by atoms with E-state index in [0.717, 1.165) is 36.0 Å². The number of nitrogens with zero attached hydrogens (tertiary/aromatic N) is 4. The first-order valence-electron chi connectivity index (χ1n) is 12.3. The molecule has 2 aromatic carbocycles. The lowest BCUT2D eigenvalue weighted by Crippen LogP contribution is -2.47. The van der Waals surface area contributed by atoms with E-state index in [-0.39, 0.29) is 5.91 Å². The van der Waals surface area contributed by atoms with E-state index in [1.54, 1.807) is 6.07 Å². The van der Waals surface area contributed by atoms with Crippen molar-refractivity contribution >= 4 is 29.2 Å². The van der Waals surface area contributed by atoms with Crippen LogP contribution in [-0.2, 0) is 11.9 Å². The van der Waals surface area contributed by atoms with Crippen molar-refractivity contribution in [1.82, 2.24) is 15.3 Å². The zero-order valence-corrected chi connectivity index (χ0v) is 21.3. The summed E-state index contributed by atoms with van der Waals surface area (Å²) in [5.74, 6) is 1.48. The number of halogens is 3. The zero-order valence-electron chi connectivity index (χ0n) is 20.5. The van der Waals surface area contributed by atoms with Gasteiger partial charge in [0.25, 0.3) is 5.91 Å². The van der Waals surface area contributed by atoms with Gasteiger partial charge in [0, 0.05) is 61.0 Å². The molecule has 2 heterocycles. The Morgan fingerprint density at radius 1 is 1.00 bits per heavy atom. The Bertz CT molecular complexity index is 1260. The van der Waals surface area contributed by atoms with Crippen LogP contribution < -0.4 is 15.1 Å². The highest BCUT2D eigenvalue weighted by Gasteiger charge is 2.31. The van der Waals surface area contributed by atoms with Gasteiger partial charge in [0.05, 0.1) is 5.56 Å². The number of hydrogen-bond donors (Lipinski definition) is 1. The summed E-state index contributed by atoms with van der Waals surface area (Å²) < 4.78 is 39.3. The summed E-state index contributed by atoms with van der Waals surface area (Å²) in [5.41, 5.74) is 2.56. The monoisotopic (exact) mass is 527 g/mol. The molecule has 6 nitrogen and oxygen atoms in total. The topological polar surface area (TPSA) is 61.4 Å². The average Bonchev–Trinajstić information content (AvgIpc) is 3.71. The van der Waals surface area contributed by atoms with Gasteiger partial charge in [0.15, 0.2) is 5.16 Å². The molecule has 0 unspecified atom stereocenters. The summed E-state index contributed by atoms with van der Waals surface area (Å²) in [5, 5.41) is 3.67. The Morgan fingerprint density at radius 2 is 1.70 bits per heavy atom. The maximum Gasteiger partial charge on any atom is 0.416 e. The van der Waals surface area contributed by atoms with Crippen LogP contribution in [0.25, 0.3) is 0 Å². The number of rotatable bonds is 7. The lowest BCUT2D eigenvalue weighted by Gasteiger charge is -2.37. The van der Waals surface area contributed by atoms with Gasteiger partial charge in [-0.2, -0.15) is 13.2 Å². The number of anilines is 2. The molecular weight excluding hydrogens is 499 g/mol. The van der Waals surface area contributed by atoms with Gasteiger partial charge in [-0.25, -0.2) is 9.97 Å². The number of aromatic nitrogens is 2. The predicted octanol–water partition coefficient (Wildman–Crippen LogP) is 5.31. The van der Waals surface area contributed by atoms with E-state index in [1.165, 1.54) is 23.9 Å². The molecule has 0 bridgehead atoms. The molecule has 0 atom stereocenters. The van der Waals surface area contributed by atoms with Crippen molar-refractivity contribution < 1.29 is 18.0 Å². The lowest BCUT2D eigenvalue weighted by atomic mass is 10.1. The van der Waals surface area contributed by atoms with Crippen LogP contribution in [0.15, 0.2) is 59.8 Å². The molecule has 1 aromatic heterocycles. The molecule has 2 fully saturated rings. The molecule has 10 heteroatoms. The summed E-state index contributed by atoms with van der Waals surface area (Å²) in [6.07, 6.45) is -2.23. The van der Waals surface area contributed by atoms with E-state index in [9.17, 15) is 18.0 Å². The largest absolute Gasteiger partial charge is 0.416 e. The number of piperazine rings is 1. The highest BCUT2D eigenvalue weighted by Crippen LogP contribution is 2.32. The third-order valence-corrected chi connectivity index (χ3v) is 7.38. The van der Waals surface area contributed by atoms with Gasteiger partial charge in [-0.3, -0.25) is 4.79 Å². The number of nitrogens with one attached hydrogen (secondary N) is 1. The molecule has 194 valence electrons. The maximum absolute atomic E-state index is 13.1. The van der Waals surface area contributed by atoms with Crippen molar-refractivity contribution in [3.63, 3.8) is 0 Å². The minimum absolute atomic E-state index is 0.0264. The van der Waals surface area contributed by atoms with Crippen molar-refractivity contribution in [2.45, 2.75) is 42.9 Å². The van der Waals surface area contributed by atoms with Gasteiger partial charge in [-0.05, 0) is 55.7 Å².